The van der Waals surface area contributed by atoms with Crippen molar-refractivity contribution in [3.05, 3.63) is 78.4 Å². The number of rotatable bonds is 8. The maximum atomic E-state index is 12.3. The van der Waals surface area contributed by atoms with Crippen LogP contribution in [0.1, 0.15) is 24.2 Å². The molecular formula is C24H22N2O5. The van der Waals surface area contributed by atoms with E-state index in [-0.39, 0.29) is 24.0 Å². The first kappa shape index (κ1) is 21.6. The number of nitrogens with one attached hydrogen (secondary N) is 2. The molecule has 7 nitrogen and oxygen atoms in total. The normalized spacial score (nSPS) is 10.1. The SMILES string of the molecule is CC(=O)Nc1ccc(C(C)=O)cc1OCC(=O)Nc1ccc(Oc2ccccc2)cc1. The molecule has 0 saturated heterocycles. The van der Waals surface area contributed by atoms with Gasteiger partial charge in [0, 0.05) is 18.2 Å². The number of carbonyl (C=O) groups excluding carboxylic acids is 3. The molecule has 0 fully saturated rings. The number of anilines is 2. The van der Waals surface area contributed by atoms with Crippen molar-refractivity contribution in [2.24, 2.45) is 0 Å². The third-order valence-electron chi connectivity index (χ3n) is 4.17. The summed E-state index contributed by atoms with van der Waals surface area (Å²) < 4.78 is 11.3. The Balaban J connectivity index is 1.60. The largest absolute Gasteiger partial charge is 0.482 e. The lowest BCUT2D eigenvalue weighted by Gasteiger charge is -2.13. The molecule has 0 aromatic heterocycles. The Morgan fingerprint density at radius 1 is 0.806 bits per heavy atom. The predicted octanol–water partition coefficient (Wildman–Crippen LogP) is 4.66. The molecule has 158 valence electrons. The maximum Gasteiger partial charge on any atom is 0.262 e. The number of ketones is 1. The highest BCUT2D eigenvalue weighted by Crippen LogP contribution is 2.27. The molecule has 0 aliphatic rings. The van der Waals surface area contributed by atoms with E-state index in [1.54, 1.807) is 36.4 Å². The summed E-state index contributed by atoms with van der Waals surface area (Å²) >= 11 is 0. The van der Waals surface area contributed by atoms with Crippen molar-refractivity contribution in [2.75, 3.05) is 17.2 Å². The molecule has 0 unspecified atom stereocenters. The molecule has 0 radical (unpaired) electrons. The third-order valence-corrected chi connectivity index (χ3v) is 4.17. The zero-order chi connectivity index (χ0) is 22.2. The Morgan fingerprint density at radius 2 is 1.48 bits per heavy atom. The summed E-state index contributed by atoms with van der Waals surface area (Å²) in [5, 5.41) is 5.35. The average molecular weight is 418 g/mol. The van der Waals surface area contributed by atoms with Crippen LogP contribution in [0.4, 0.5) is 11.4 Å². The lowest BCUT2D eigenvalue weighted by Crippen LogP contribution is -2.21. The van der Waals surface area contributed by atoms with E-state index in [9.17, 15) is 14.4 Å². The first-order chi connectivity index (χ1) is 14.9. The number of para-hydroxylation sites is 1. The number of benzene rings is 3. The Labute approximate surface area is 180 Å². The number of carbonyl (C=O) groups is 3. The van der Waals surface area contributed by atoms with Gasteiger partial charge in [0.2, 0.25) is 5.91 Å². The number of hydrogen-bond donors (Lipinski definition) is 2. The minimum atomic E-state index is -0.390. The van der Waals surface area contributed by atoms with Crippen LogP contribution < -0.4 is 20.1 Å². The molecule has 0 atom stereocenters. The van der Waals surface area contributed by atoms with Crippen LogP contribution in [0.3, 0.4) is 0 Å². The first-order valence-electron chi connectivity index (χ1n) is 9.59. The molecule has 0 heterocycles. The topological polar surface area (TPSA) is 93.7 Å². The van der Waals surface area contributed by atoms with Crippen molar-refractivity contribution in [1.82, 2.24) is 0 Å². The molecule has 0 bridgehead atoms. The molecule has 31 heavy (non-hydrogen) atoms. The summed E-state index contributed by atoms with van der Waals surface area (Å²) in [7, 11) is 0. The van der Waals surface area contributed by atoms with Crippen LogP contribution >= 0.6 is 0 Å². The van der Waals surface area contributed by atoms with E-state index in [1.807, 2.05) is 30.3 Å². The predicted molar refractivity (Wildman–Crippen MR) is 118 cm³/mol. The molecule has 7 heteroatoms. The van der Waals surface area contributed by atoms with Gasteiger partial charge in [0.05, 0.1) is 5.69 Å². The van der Waals surface area contributed by atoms with Gasteiger partial charge in [-0.2, -0.15) is 0 Å². The second-order valence-corrected chi connectivity index (χ2v) is 6.72. The summed E-state index contributed by atoms with van der Waals surface area (Å²) in [5.74, 6) is 0.768. The van der Waals surface area contributed by atoms with Crippen LogP contribution in [0.5, 0.6) is 17.2 Å². The van der Waals surface area contributed by atoms with Gasteiger partial charge in [-0.15, -0.1) is 0 Å². The van der Waals surface area contributed by atoms with Gasteiger partial charge >= 0.3 is 0 Å². The fraction of sp³-hybridized carbons (Fsp3) is 0.125. The summed E-state index contributed by atoms with van der Waals surface area (Å²) in [6.07, 6.45) is 0. The Kier molecular flexibility index (Phi) is 7.01. The molecule has 0 spiro atoms. The van der Waals surface area contributed by atoms with Crippen LogP contribution in [-0.4, -0.2) is 24.2 Å². The molecule has 0 aliphatic heterocycles. The molecule has 3 aromatic rings. The minimum absolute atomic E-state index is 0.151. The number of hydrogen-bond acceptors (Lipinski definition) is 5. The van der Waals surface area contributed by atoms with Crippen molar-refractivity contribution in [3.63, 3.8) is 0 Å². The van der Waals surface area contributed by atoms with E-state index in [4.69, 9.17) is 9.47 Å². The maximum absolute atomic E-state index is 12.3. The molecule has 2 amide bonds. The van der Waals surface area contributed by atoms with Gasteiger partial charge < -0.3 is 20.1 Å². The van der Waals surface area contributed by atoms with Gasteiger partial charge in [0.25, 0.3) is 5.91 Å². The van der Waals surface area contributed by atoms with E-state index in [2.05, 4.69) is 10.6 Å². The smallest absolute Gasteiger partial charge is 0.262 e. The van der Waals surface area contributed by atoms with Crippen molar-refractivity contribution < 1.29 is 23.9 Å². The van der Waals surface area contributed by atoms with Crippen LogP contribution in [0.2, 0.25) is 0 Å². The van der Waals surface area contributed by atoms with Crippen LogP contribution in [0.15, 0.2) is 72.8 Å². The molecule has 0 aliphatic carbocycles. The Morgan fingerprint density at radius 3 is 2.13 bits per heavy atom. The van der Waals surface area contributed by atoms with Crippen molar-refractivity contribution in [3.8, 4) is 17.2 Å². The Bertz CT molecular complexity index is 1080. The summed E-state index contributed by atoms with van der Waals surface area (Å²) in [6, 6.07) is 20.9. The van der Waals surface area contributed by atoms with E-state index in [0.29, 0.717) is 22.7 Å². The summed E-state index contributed by atoms with van der Waals surface area (Å²) in [4.78, 5) is 35.3. The third kappa shape index (κ3) is 6.43. The second kappa shape index (κ2) is 10.1. The fourth-order valence-corrected chi connectivity index (χ4v) is 2.72. The molecule has 3 rings (SSSR count). The molecule has 3 aromatic carbocycles. The molecule has 0 saturated carbocycles. The first-order valence-corrected chi connectivity index (χ1v) is 9.59. The summed E-state index contributed by atoms with van der Waals surface area (Å²) in [6.45, 7) is 2.49. The lowest BCUT2D eigenvalue weighted by atomic mass is 10.1. The zero-order valence-corrected chi connectivity index (χ0v) is 17.2. The average Bonchev–Trinajstić information content (AvgIpc) is 2.74. The highest BCUT2D eigenvalue weighted by atomic mass is 16.5. The van der Waals surface area contributed by atoms with Gasteiger partial charge in [-0.3, -0.25) is 14.4 Å². The second-order valence-electron chi connectivity index (χ2n) is 6.72. The number of Topliss-reactive ketones (excluding diaryl/α,β-unsaturated/α-hetero) is 1. The quantitative estimate of drug-likeness (QED) is 0.519. The van der Waals surface area contributed by atoms with Gasteiger partial charge in [0.1, 0.15) is 17.2 Å². The van der Waals surface area contributed by atoms with Gasteiger partial charge in [-0.05, 0) is 61.5 Å². The van der Waals surface area contributed by atoms with Gasteiger partial charge in [-0.25, -0.2) is 0 Å². The van der Waals surface area contributed by atoms with Crippen molar-refractivity contribution >= 4 is 29.0 Å². The number of ether oxygens (including phenoxy) is 2. The van der Waals surface area contributed by atoms with E-state index in [0.717, 1.165) is 5.75 Å². The zero-order valence-electron chi connectivity index (χ0n) is 17.2. The van der Waals surface area contributed by atoms with E-state index in [1.165, 1.54) is 19.9 Å². The fourth-order valence-electron chi connectivity index (χ4n) is 2.72. The van der Waals surface area contributed by atoms with E-state index >= 15 is 0 Å². The van der Waals surface area contributed by atoms with E-state index < -0.39 is 5.91 Å². The molecular weight excluding hydrogens is 396 g/mol. The number of amides is 2. The van der Waals surface area contributed by atoms with Crippen molar-refractivity contribution in [1.29, 1.82) is 0 Å². The monoisotopic (exact) mass is 418 g/mol. The standard InChI is InChI=1S/C24H22N2O5/c1-16(27)18-8-13-22(25-17(2)28)23(14-18)30-15-24(29)26-19-9-11-21(12-10-19)31-20-6-4-3-5-7-20/h3-14H,15H2,1-2H3,(H,25,28)(H,26,29). The van der Waals surface area contributed by atoms with Gasteiger partial charge in [0.15, 0.2) is 12.4 Å². The van der Waals surface area contributed by atoms with Crippen LogP contribution in [0, 0.1) is 0 Å². The van der Waals surface area contributed by atoms with Crippen LogP contribution in [-0.2, 0) is 9.59 Å². The van der Waals surface area contributed by atoms with Crippen molar-refractivity contribution in [2.45, 2.75) is 13.8 Å². The highest BCUT2D eigenvalue weighted by molar-refractivity contribution is 5.97. The van der Waals surface area contributed by atoms with Crippen LogP contribution in [0.25, 0.3) is 0 Å². The Hall–Kier alpha value is -4.13. The minimum Gasteiger partial charge on any atom is -0.482 e. The molecule has 2 N–H and O–H groups in total. The lowest BCUT2D eigenvalue weighted by molar-refractivity contribution is -0.118. The summed E-state index contributed by atoms with van der Waals surface area (Å²) in [5.41, 5.74) is 1.37. The highest BCUT2D eigenvalue weighted by Gasteiger charge is 2.12. The van der Waals surface area contributed by atoms with Gasteiger partial charge in [-0.1, -0.05) is 18.2 Å².